The molecule has 1 aromatic rings. The molecule has 1 aliphatic carbocycles. The first-order chi connectivity index (χ1) is 7.22. The third-order valence-electron chi connectivity index (χ3n) is 2.72. The zero-order chi connectivity index (χ0) is 10.8. The van der Waals surface area contributed by atoms with E-state index in [-0.39, 0.29) is 11.9 Å². The minimum atomic E-state index is -0.118. The van der Waals surface area contributed by atoms with E-state index in [9.17, 15) is 4.79 Å². The van der Waals surface area contributed by atoms with Gasteiger partial charge in [0, 0.05) is 19.7 Å². The second kappa shape index (κ2) is 4.06. The number of hydrogen-bond acceptors (Lipinski definition) is 4. The maximum atomic E-state index is 11.5. The van der Waals surface area contributed by atoms with Crippen LogP contribution in [0.3, 0.4) is 0 Å². The third kappa shape index (κ3) is 1.90. The number of nitrogens with zero attached hydrogens (tertiary/aromatic N) is 2. The lowest BCUT2D eigenvalue weighted by atomic mass is 9.96. The standard InChI is InChI=1S/C11H14N2O2/c1-7(15-2)11-12-6-8-9(13-11)4-3-5-10(8)14/h6-7H,3-5H2,1-2H3. The summed E-state index contributed by atoms with van der Waals surface area (Å²) in [4.78, 5) is 20.1. The van der Waals surface area contributed by atoms with Crippen molar-refractivity contribution in [2.45, 2.75) is 32.3 Å². The van der Waals surface area contributed by atoms with Crippen molar-refractivity contribution in [3.63, 3.8) is 0 Å². The van der Waals surface area contributed by atoms with E-state index < -0.39 is 0 Å². The average molecular weight is 206 g/mol. The van der Waals surface area contributed by atoms with Crippen molar-refractivity contribution in [1.82, 2.24) is 9.97 Å². The molecule has 0 radical (unpaired) electrons. The summed E-state index contributed by atoms with van der Waals surface area (Å²) in [6.07, 6.45) is 3.90. The highest BCUT2D eigenvalue weighted by Gasteiger charge is 2.20. The van der Waals surface area contributed by atoms with E-state index in [0.29, 0.717) is 17.8 Å². The minimum absolute atomic E-state index is 0.118. The van der Waals surface area contributed by atoms with E-state index in [1.54, 1.807) is 13.3 Å². The molecule has 1 atom stereocenters. The van der Waals surface area contributed by atoms with Crippen molar-refractivity contribution in [2.75, 3.05) is 7.11 Å². The first-order valence-corrected chi connectivity index (χ1v) is 5.14. The van der Waals surface area contributed by atoms with E-state index in [0.717, 1.165) is 18.5 Å². The molecule has 0 saturated carbocycles. The van der Waals surface area contributed by atoms with Gasteiger partial charge in [-0.05, 0) is 19.8 Å². The van der Waals surface area contributed by atoms with E-state index >= 15 is 0 Å². The lowest BCUT2D eigenvalue weighted by molar-refractivity contribution is 0.0966. The summed E-state index contributed by atoms with van der Waals surface area (Å²) in [7, 11) is 1.62. The number of Topliss-reactive ketones (excluding diaryl/α,β-unsaturated/α-hetero) is 1. The summed E-state index contributed by atoms with van der Waals surface area (Å²) in [5.41, 5.74) is 1.56. The highest BCUT2D eigenvalue weighted by Crippen LogP contribution is 2.20. The number of ether oxygens (including phenoxy) is 1. The first kappa shape index (κ1) is 10.2. The second-order valence-corrected chi connectivity index (χ2v) is 3.74. The molecule has 1 heterocycles. The van der Waals surface area contributed by atoms with Gasteiger partial charge in [0.05, 0.1) is 11.3 Å². The highest BCUT2D eigenvalue weighted by molar-refractivity contribution is 5.97. The SMILES string of the molecule is COC(C)c1ncc2c(n1)CCCC2=O. The van der Waals surface area contributed by atoms with Crippen LogP contribution in [0, 0.1) is 0 Å². The maximum Gasteiger partial charge on any atom is 0.166 e. The van der Waals surface area contributed by atoms with Crippen molar-refractivity contribution >= 4 is 5.78 Å². The molecule has 80 valence electrons. The first-order valence-electron chi connectivity index (χ1n) is 5.14. The van der Waals surface area contributed by atoms with E-state index in [1.807, 2.05) is 6.92 Å². The molecule has 1 unspecified atom stereocenters. The van der Waals surface area contributed by atoms with Crippen LogP contribution in [-0.4, -0.2) is 22.9 Å². The van der Waals surface area contributed by atoms with Crippen LogP contribution < -0.4 is 0 Å². The lowest BCUT2D eigenvalue weighted by Crippen LogP contribution is -2.16. The normalized spacial score (nSPS) is 17.3. The molecule has 0 aromatic carbocycles. The molecule has 0 amide bonds. The topological polar surface area (TPSA) is 52.1 Å². The average Bonchev–Trinajstić information content (AvgIpc) is 2.28. The Morgan fingerprint density at radius 3 is 3.00 bits per heavy atom. The van der Waals surface area contributed by atoms with Crippen LogP contribution in [-0.2, 0) is 11.2 Å². The van der Waals surface area contributed by atoms with Gasteiger partial charge in [-0.25, -0.2) is 9.97 Å². The Kier molecular flexibility index (Phi) is 2.77. The zero-order valence-corrected chi connectivity index (χ0v) is 8.99. The molecular weight excluding hydrogens is 192 g/mol. The number of carbonyl (C=O) groups is 1. The predicted molar refractivity (Wildman–Crippen MR) is 54.7 cm³/mol. The fourth-order valence-electron chi connectivity index (χ4n) is 1.71. The molecule has 0 fully saturated rings. The summed E-state index contributed by atoms with van der Waals surface area (Å²) in [6.45, 7) is 1.90. The van der Waals surface area contributed by atoms with Gasteiger partial charge in [-0.15, -0.1) is 0 Å². The summed E-state index contributed by atoms with van der Waals surface area (Å²) in [6, 6.07) is 0. The Balaban J connectivity index is 2.37. The number of rotatable bonds is 2. The number of methoxy groups -OCH3 is 1. The molecular formula is C11H14N2O2. The van der Waals surface area contributed by atoms with Gasteiger partial charge in [-0.3, -0.25) is 4.79 Å². The van der Waals surface area contributed by atoms with Gasteiger partial charge in [0.2, 0.25) is 0 Å². The third-order valence-corrected chi connectivity index (χ3v) is 2.72. The number of ketones is 1. The number of carbonyl (C=O) groups excluding carboxylic acids is 1. The van der Waals surface area contributed by atoms with Gasteiger partial charge in [0.1, 0.15) is 6.10 Å². The van der Waals surface area contributed by atoms with Gasteiger partial charge in [-0.2, -0.15) is 0 Å². The van der Waals surface area contributed by atoms with Crippen LogP contribution in [0.4, 0.5) is 0 Å². The van der Waals surface area contributed by atoms with Gasteiger partial charge in [0.25, 0.3) is 0 Å². The molecule has 4 heteroatoms. The fourth-order valence-corrected chi connectivity index (χ4v) is 1.71. The molecule has 0 saturated heterocycles. The molecule has 0 spiro atoms. The van der Waals surface area contributed by atoms with Crippen molar-refractivity contribution in [3.8, 4) is 0 Å². The van der Waals surface area contributed by atoms with Crippen LogP contribution in [0.5, 0.6) is 0 Å². The van der Waals surface area contributed by atoms with Gasteiger partial charge in [0.15, 0.2) is 11.6 Å². The number of fused-ring (bicyclic) bond motifs is 1. The van der Waals surface area contributed by atoms with Crippen LogP contribution >= 0.6 is 0 Å². The Hall–Kier alpha value is -1.29. The fraction of sp³-hybridized carbons (Fsp3) is 0.545. The van der Waals surface area contributed by atoms with Crippen LogP contribution in [0.1, 0.15) is 47.7 Å². The summed E-state index contributed by atoms with van der Waals surface area (Å²) in [5, 5.41) is 0. The minimum Gasteiger partial charge on any atom is -0.374 e. The van der Waals surface area contributed by atoms with E-state index in [2.05, 4.69) is 9.97 Å². The molecule has 0 aliphatic heterocycles. The monoisotopic (exact) mass is 206 g/mol. The number of hydrogen-bond donors (Lipinski definition) is 0. The summed E-state index contributed by atoms with van der Waals surface area (Å²) < 4.78 is 5.14. The smallest absolute Gasteiger partial charge is 0.166 e. The molecule has 2 rings (SSSR count). The van der Waals surface area contributed by atoms with Crippen molar-refractivity contribution in [2.24, 2.45) is 0 Å². The maximum absolute atomic E-state index is 11.5. The number of aromatic nitrogens is 2. The Labute approximate surface area is 88.7 Å². The summed E-state index contributed by atoms with van der Waals surface area (Å²) >= 11 is 0. The summed E-state index contributed by atoms with van der Waals surface area (Å²) in [5.74, 6) is 0.818. The molecule has 1 aliphatic rings. The molecule has 0 N–H and O–H groups in total. The van der Waals surface area contributed by atoms with Gasteiger partial charge >= 0.3 is 0 Å². The Morgan fingerprint density at radius 2 is 2.27 bits per heavy atom. The largest absolute Gasteiger partial charge is 0.374 e. The van der Waals surface area contributed by atoms with Crippen molar-refractivity contribution in [3.05, 3.63) is 23.3 Å². The van der Waals surface area contributed by atoms with E-state index in [4.69, 9.17) is 4.74 Å². The van der Waals surface area contributed by atoms with Gasteiger partial charge < -0.3 is 4.74 Å². The van der Waals surface area contributed by atoms with Crippen molar-refractivity contribution in [1.29, 1.82) is 0 Å². The molecule has 15 heavy (non-hydrogen) atoms. The molecule has 4 nitrogen and oxygen atoms in total. The number of aryl methyl sites for hydroxylation is 1. The van der Waals surface area contributed by atoms with E-state index in [1.165, 1.54) is 0 Å². The quantitative estimate of drug-likeness (QED) is 0.739. The lowest BCUT2D eigenvalue weighted by Gasteiger charge is -2.15. The Bertz CT molecular complexity index is 390. The second-order valence-electron chi connectivity index (χ2n) is 3.74. The predicted octanol–water partition coefficient (Wildman–Crippen LogP) is 1.70. The van der Waals surface area contributed by atoms with Crippen LogP contribution in [0.15, 0.2) is 6.20 Å². The van der Waals surface area contributed by atoms with Crippen LogP contribution in [0.2, 0.25) is 0 Å². The zero-order valence-electron chi connectivity index (χ0n) is 8.99. The van der Waals surface area contributed by atoms with Crippen molar-refractivity contribution < 1.29 is 9.53 Å². The molecule has 1 aromatic heterocycles. The van der Waals surface area contributed by atoms with Gasteiger partial charge in [-0.1, -0.05) is 0 Å². The molecule has 0 bridgehead atoms. The van der Waals surface area contributed by atoms with Crippen LogP contribution in [0.25, 0.3) is 0 Å². The highest BCUT2D eigenvalue weighted by atomic mass is 16.5. The Morgan fingerprint density at radius 1 is 1.47 bits per heavy atom.